The number of hydrogen-bond acceptors (Lipinski definition) is 4. The number of morpholine rings is 1. The molecule has 0 bridgehead atoms. The van der Waals surface area contributed by atoms with Gasteiger partial charge in [-0.2, -0.15) is 0 Å². The van der Waals surface area contributed by atoms with Crippen molar-refractivity contribution in [3.05, 3.63) is 21.9 Å². The third-order valence-electron chi connectivity index (χ3n) is 4.01. The first kappa shape index (κ1) is 18.2. The van der Waals surface area contributed by atoms with Crippen molar-refractivity contribution in [1.82, 2.24) is 15.5 Å². The highest BCUT2D eigenvalue weighted by Crippen LogP contribution is 2.16. The summed E-state index contributed by atoms with van der Waals surface area (Å²) in [7, 11) is 1.83. The van der Waals surface area contributed by atoms with Crippen molar-refractivity contribution in [2.24, 2.45) is 10.9 Å². The summed E-state index contributed by atoms with van der Waals surface area (Å²) >= 11 is 1.87. The highest BCUT2D eigenvalue weighted by Gasteiger charge is 2.13. The fourth-order valence-electron chi connectivity index (χ4n) is 2.66. The number of ether oxygens (including phenoxy) is 1. The average Bonchev–Trinajstić information content (AvgIpc) is 3.04. The number of aliphatic imine (C=N–C) groups is 1. The Hall–Kier alpha value is -1.11. The highest BCUT2D eigenvalue weighted by molar-refractivity contribution is 7.11. The lowest BCUT2D eigenvalue weighted by Gasteiger charge is -2.29. The SMILES string of the molecule is CCc1ccc(CNC(=NC)NCC(C)CN2CCOCC2)s1. The molecule has 0 radical (unpaired) electrons. The van der Waals surface area contributed by atoms with E-state index in [-0.39, 0.29) is 0 Å². The molecule has 1 unspecified atom stereocenters. The Kier molecular flexibility index (Phi) is 7.85. The highest BCUT2D eigenvalue weighted by atomic mass is 32.1. The summed E-state index contributed by atoms with van der Waals surface area (Å²) in [6, 6.07) is 4.41. The summed E-state index contributed by atoms with van der Waals surface area (Å²) < 4.78 is 5.40. The van der Waals surface area contributed by atoms with Crippen LogP contribution in [0.5, 0.6) is 0 Å². The molecule has 5 nitrogen and oxygen atoms in total. The van der Waals surface area contributed by atoms with Gasteiger partial charge in [0, 0.05) is 43.0 Å². The predicted octanol–water partition coefficient (Wildman–Crippen LogP) is 1.94. The van der Waals surface area contributed by atoms with Gasteiger partial charge in [-0.25, -0.2) is 0 Å². The van der Waals surface area contributed by atoms with Crippen molar-refractivity contribution in [2.75, 3.05) is 46.4 Å². The molecular formula is C17H30N4OS. The van der Waals surface area contributed by atoms with Gasteiger partial charge in [0.05, 0.1) is 19.8 Å². The lowest BCUT2D eigenvalue weighted by molar-refractivity contribution is 0.0320. The predicted molar refractivity (Wildman–Crippen MR) is 98.3 cm³/mol. The molecule has 23 heavy (non-hydrogen) atoms. The van der Waals surface area contributed by atoms with Gasteiger partial charge in [-0.1, -0.05) is 13.8 Å². The molecule has 0 amide bonds. The first-order valence-electron chi connectivity index (χ1n) is 8.53. The standard InChI is InChI=1S/C17H30N4OS/c1-4-15-5-6-16(23-15)12-20-17(18-3)19-11-14(2)13-21-7-9-22-10-8-21/h5-6,14H,4,7-13H2,1-3H3,(H2,18,19,20). The second kappa shape index (κ2) is 9.90. The fourth-order valence-corrected chi connectivity index (χ4v) is 3.56. The van der Waals surface area contributed by atoms with Crippen LogP contribution in [0, 0.1) is 5.92 Å². The molecule has 1 aliphatic heterocycles. The molecule has 0 saturated carbocycles. The Bertz CT molecular complexity index is 483. The minimum absolute atomic E-state index is 0.583. The second-order valence-electron chi connectivity index (χ2n) is 6.05. The first-order valence-corrected chi connectivity index (χ1v) is 9.35. The van der Waals surface area contributed by atoms with Crippen LogP contribution in [-0.2, 0) is 17.7 Å². The van der Waals surface area contributed by atoms with Crippen LogP contribution in [0.25, 0.3) is 0 Å². The Morgan fingerprint density at radius 2 is 2.04 bits per heavy atom. The van der Waals surface area contributed by atoms with E-state index in [0.29, 0.717) is 5.92 Å². The van der Waals surface area contributed by atoms with Crippen LogP contribution in [0.4, 0.5) is 0 Å². The van der Waals surface area contributed by atoms with Gasteiger partial charge in [0.15, 0.2) is 5.96 Å². The molecule has 1 aromatic heterocycles. The zero-order valence-electron chi connectivity index (χ0n) is 14.6. The minimum Gasteiger partial charge on any atom is -0.379 e. The number of thiophene rings is 1. The maximum atomic E-state index is 5.40. The monoisotopic (exact) mass is 338 g/mol. The number of guanidine groups is 1. The number of hydrogen-bond donors (Lipinski definition) is 2. The van der Waals surface area contributed by atoms with Crippen molar-refractivity contribution in [3.63, 3.8) is 0 Å². The van der Waals surface area contributed by atoms with E-state index in [1.165, 1.54) is 9.75 Å². The Morgan fingerprint density at radius 3 is 2.70 bits per heavy atom. The summed E-state index contributed by atoms with van der Waals surface area (Å²) in [5.74, 6) is 1.46. The smallest absolute Gasteiger partial charge is 0.191 e. The van der Waals surface area contributed by atoms with Gasteiger partial charge >= 0.3 is 0 Å². The van der Waals surface area contributed by atoms with Crippen molar-refractivity contribution in [3.8, 4) is 0 Å². The van der Waals surface area contributed by atoms with E-state index in [9.17, 15) is 0 Å². The van der Waals surface area contributed by atoms with E-state index in [4.69, 9.17) is 4.74 Å². The van der Waals surface area contributed by atoms with Gasteiger partial charge in [-0.15, -0.1) is 11.3 Å². The lowest BCUT2D eigenvalue weighted by Crippen LogP contribution is -2.43. The van der Waals surface area contributed by atoms with Gasteiger partial charge in [-0.3, -0.25) is 9.89 Å². The van der Waals surface area contributed by atoms with Gasteiger partial charge in [-0.05, 0) is 24.5 Å². The summed E-state index contributed by atoms with van der Waals surface area (Å²) in [6.07, 6.45) is 1.11. The largest absolute Gasteiger partial charge is 0.379 e. The maximum Gasteiger partial charge on any atom is 0.191 e. The molecule has 130 valence electrons. The molecule has 0 spiro atoms. The average molecular weight is 339 g/mol. The van der Waals surface area contributed by atoms with Crippen LogP contribution < -0.4 is 10.6 Å². The third kappa shape index (κ3) is 6.49. The van der Waals surface area contributed by atoms with E-state index >= 15 is 0 Å². The van der Waals surface area contributed by atoms with Gasteiger partial charge in [0.25, 0.3) is 0 Å². The zero-order valence-corrected chi connectivity index (χ0v) is 15.4. The van der Waals surface area contributed by atoms with E-state index in [0.717, 1.165) is 58.3 Å². The van der Waals surface area contributed by atoms with Crippen LogP contribution >= 0.6 is 11.3 Å². The van der Waals surface area contributed by atoms with Crippen molar-refractivity contribution in [1.29, 1.82) is 0 Å². The van der Waals surface area contributed by atoms with E-state index in [1.807, 2.05) is 18.4 Å². The number of nitrogens with zero attached hydrogens (tertiary/aromatic N) is 2. The topological polar surface area (TPSA) is 48.9 Å². The van der Waals surface area contributed by atoms with Crippen LogP contribution in [0.3, 0.4) is 0 Å². The molecular weight excluding hydrogens is 308 g/mol. The Balaban J connectivity index is 1.67. The summed E-state index contributed by atoms with van der Waals surface area (Å²) in [6.45, 7) is 11.2. The summed E-state index contributed by atoms with van der Waals surface area (Å²) in [4.78, 5) is 9.58. The maximum absolute atomic E-state index is 5.40. The number of nitrogens with one attached hydrogen (secondary N) is 2. The van der Waals surface area contributed by atoms with Crippen molar-refractivity contribution >= 4 is 17.3 Å². The van der Waals surface area contributed by atoms with Crippen LogP contribution in [0.2, 0.25) is 0 Å². The van der Waals surface area contributed by atoms with Crippen LogP contribution in [-0.4, -0.2) is 57.3 Å². The molecule has 1 aliphatic rings. The van der Waals surface area contributed by atoms with Crippen molar-refractivity contribution < 1.29 is 4.74 Å². The Morgan fingerprint density at radius 1 is 1.30 bits per heavy atom. The molecule has 2 heterocycles. The number of rotatable bonds is 7. The first-order chi connectivity index (χ1) is 11.2. The normalized spacial score (nSPS) is 18.0. The lowest BCUT2D eigenvalue weighted by atomic mass is 10.1. The minimum atomic E-state index is 0.583. The molecule has 1 saturated heterocycles. The van der Waals surface area contributed by atoms with Crippen molar-refractivity contribution in [2.45, 2.75) is 26.8 Å². The van der Waals surface area contributed by atoms with E-state index in [1.54, 1.807) is 0 Å². The Labute approximate surface area is 144 Å². The van der Waals surface area contributed by atoms with Gasteiger partial charge < -0.3 is 15.4 Å². The molecule has 1 fully saturated rings. The van der Waals surface area contributed by atoms with Gasteiger partial charge in [0.2, 0.25) is 0 Å². The molecule has 6 heteroatoms. The summed E-state index contributed by atoms with van der Waals surface area (Å²) in [5.41, 5.74) is 0. The number of aryl methyl sites for hydroxylation is 1. The zero-order chi connectivity index (χ0) is 16.5. The molecule has 0 aliphatic carbocycles. The molecule has 2 rings (SSSR count). The quantitative estimate of drug-likeness (QED) is 0.589. The van der Waals surface area contributed by atoms with Crippen LogP contribution in [0.1, 0.15) is 23.6 Å². The fraction of sp³-hybridized carbons (Fsp3) is 0.706. The molecule has 1 atom stereocenters. The molecule has 0 aromatic carbocycles. The van der Waals surface area contributed by atoms with E-state index < -0.39 is 0 Å². The van der Waals surface area contributed by atoms with Crippen LogP contribution in [0.15, 0.2) is 17.1 Å². The second-order valence-corrected chi connectivity index (χ2v) is 7.30. The third-order valence-corrected chi connectivity index (χ3v) is 5.24. The van der Waals surface area contributed by atoms with E-state index in [2.05, 4.69) is 46.5 Å². The molecule has 2 N–H and O–H groups in total. The summed E-state index contributed by atoms with van der Waals surface area (Å²) in [5, 5.41) is 6.83. The molecule has 1 aromatic rings. The van der Waals surface area contributed by atoms with Gasteiger partial charge in [0.1, 0.15) is 0 Å².